The normalized spacial score (nSPS) is 11.5. The Balaban J connectivity index is 2.27. The highest BCUT2D eigenvalue weighted by Gasteiger charge is 2.16. The molecule has 0 saturated heterocycles. The highest BCUT2D eigenvalue weighted by atomic mass is 32.2. The van der Waals surface area contributed by atoms with Crippen molar-refractivity contribution in [1.29, 1.82) is 0 Å². The van der Waals surface area contributed by atoms with Gasteiger partial charge in [-0.2, -0.15) is 0 Å². The lowest BCUT2D eigenvalue weighted by molar-refractivity contribution is 0.103. The third kappa shape index (κ3) is 4.23. The zero-order valence-corrected chi connectivity index (χ0v) is 15.7. The van der Waals surface area contributed by atoms with Crippen molar-refractivity contribution in [3.8, 4) is 0 Å². The highest BCUT2D eigenvalue weighted by molar-refractivity contribution is 7.89. The van der Waals surface area contributed by atoms with Gasteiger partial charge in [0, 0.05) is 10.6 Å². The summed E-state index contributed by atoms with van der Waals surface area (Å²) >= 11 is 1.49. The lowest BCUT2D eigenvalue weighted by Gasteiger charge is -2.08. The van der Waals surface area contributed by atoms with Crippen molar-refractivity contribution in [2.24, 2.45) is 5.14 Å². The molecule has 0 atom stereocenters. The van der Waals surface area contributed by atoms with Crippen molar-refractivity contribution >= 4 is 33.0 Å². The van der Waals surface area contributed by atoms with E-state index in [9.17, 15) is 13.2 Å². The minimum atomic E-state index is -3.82. The Morgan fingerprint density at radius 2 is 1.96 bits per heavy atom. The van der Waals surface area contributed by atoms with Crippen LogP contribution in [0.2, 0.25) is 0 Å². The van der Waals surface area contributed by atoms with Crippen molar-refractivity contribution in [3.05, 3.63) is 45.1 Å². The van der Waals surface area contributed by atoms with Gasteiger partial charge in [0.15, 0.2) is 0 Å². The molecule has 0 aliphatic heterocycles. The Kier molecular flexibility index (Phi) is 5.79. The topological polar surface area (TPSA) is 89.3 Å². The van der Waals surface area contributed by atoms with Crippen molar-refractivity contribution in [2.45, 2.75) is 44.9 Å². The maximum Gasteiger partial charge on any atom is 0.265 e. The van der Waals surface area contributed by atoms with Gasteiger partial charge in [0.25, 0.3) is 5.91 Å². The lowest BCUT2D eigenvalue weighted by atomic mass is 10.1. The molecule has 1 heterocycles. The average molecular weight is 367 g/mol. The van der Waals surface area contributed by atoms with E-state index in [-0.39, 0.29) is 10.8 Å². The number of rotatable bonds is 6. The Labute approximate surface area is 146 Å². The Hall–Kier alpha value is -1.70. The third-order valence-corrected chi connectivity index (χ3v) is 6.02. The largest absolute Gasteiger partial charge is 0.321 e. The molecule has 0 spiro atoms. The molecule has 3 N–H and O–H groups in total. The second kappa shape index (κ2) is 7.46. The van der Waals surface area contributed by atoms with Crippen molar-refractivity contribution in [1.82, 2.24) is 0 Å². The molecule has 2 rings (SSSR count). The molecule has 0 saturated carbocycles. The first-order valence-electron chi connectivity index (χ1n) is 7.82. The molecule has 24 heavy (non-hydrogen) atoms. The molecule has 130 valence electrons. The molecule has 2 aromatic rings. The predicted octanol–water partition coefficient (Wildman–Crippen LogP) is 3.47. The van der Waals surface area contributed by atoms with E-state index in [4.69, 9.17) is 5.14 Å². The first-order valence-corrected chi connectivity index (χ1v) is 10.2. The number of anilines is 1. The van der Waals surface area contributed by atoms with Gasteiger partial charge in [-0.1, -0.05) is 26.3 Å². The summed E-state index contributed by atoms with van der Waals surface area (Å²) in [5.74, 6) is -0.235. The molecule has 5 nitrogen and oxygen atoms in total. The van der Waals surface area contributed by atoms with E-state index >= 15 is 0 Å². The summed E-state index contributed by atoms with van der Waals surface area (Å²) in [6, 6.07) is 6.61. The molecule has 1 amide bonds. The van der Waals surface area contributed by atoms with Gasteiger partial charge in [-0.25, -0.2) is 13.6 Å². The quantitative estimate of drug-likeness (QED) is 0.820. The van der Waals surface area contributed by atoms with E-state index in [1.807, 2.05) is 6.07 Å². The monoisotopic (exact) mass is 366 g/mol. The molecule has 0 unspecified atom stereocenters. The number of amides is 1. The van der Waals surface area contributed by atoms with Crippen molar-refractivity contribution in [2.75, 3.05) is 5.32 Å². The van der Waals surface area contributed by atoms with Gasteiger partial charge in [0.2, 0.25) is 10.0 Å². The van der Waals surface area contributed by atoms with E-state index in [1.54, 1.807) is 19.1 Å². The number of hydrogen-bond donors (Lipinski definition) is 2. The fraction of sp³-hybridized carbons (Fsp3) is 0.353. The van der Waals surface area contributed by atoms with Gasteiger partial charge in [-0.05, 0) is 49.1 Å². The van der Waals surface area contributed by atoms with Gasteiger partial charge in [0.1, 0.15) is 0 Å². The Morgan fingerprint density at radius 1 is 1.25 bits per heavy atom. The molecule has 0 radical (unpaired) electrons. The Morgan fingerprint density at radius 3 is 2.54 bits per heavy atom. The van der Waals surface area contributed by atoms with Crippen LogP contribution in [0.3, 0.4) is 0 Å². The minimum absolute atomic E-state index is 0.0207. The van der Waals surface area contributed by atoms with Crippen LogP contribution in [0.25, 0.3) is 0 Å². The van der Waals surface area contributed by atoms with E-state index in [1.165, 1.54) is 27.8 Å². The van der Waals surface area contributed by atoms with Crippen LogP contribution >= 0.6 is 11.3 Å². The van der Waals surface area contributed by atoms with Gasteiger partial charge < -0.3 is 5.32 Å². The van der Waals surface area contributed by atoms with E-state index in [0.29, 0.717) is 16.1 Å². The molecule has 0 aliphatic rings. The zero-order chi connectivity index (χ0) is 17.9. The van der Waals surface area contributed by atoms with Gasteiger partial charge in [0.05, 0.1) is 9.77 Å². The standard InChI is InChI=1S/C17H22N2O3S2/c1-4-6-14-12(5-2)9-15(23-14)17(20)19-13-8-7-11(3)16(10-13)24(18,21)22/h7-10H,4-6H2,1-3H3,(H,19,20)(H2,18,21,22). The first kappa shape index (κ1) is 18.6. The van der Waals surface area contributed by atoms with Crippen LogP contribution < -0.4 is 10.5 Å². The number of aryl methyl sites for hydroxylation is 3. The fourth-order valence-corrected chi connectivity index (χ4v) is 4.55. The number of sulfonamides is 1. The second-order valence-electron chi connectivity index (χ2n) is 5.64. The van der Waals surface area contributed by atoms with Gasteiger partial charge in [-0.3, -0.25) is 4.79 Å². The molecular formula is C17H22N2O3S2. The molecule has 1 aromatic heterocycles. The molecule has 0 fully saturated rings. The van der Waals surface area contributed by atoms with Crippen LogP contribution in [0.1, 0.15) is 45.9 Å². The van der Waals surface area contributed by atoms with Gasteiger partial charge in [-0.15, -0.1) is 11.3 Å². The number of nitrogens with one attached hydrogen (secondary N) is 1. The van der Waals surface area contributed by atoms with Crippen molar-refractivity contribution in [3.63, 3.8) is 0 Å². The van der Waals surface area contributed by atoms with Crippen LogP contribution in [0.5, 0.6) is 0 Å². The predicted molar refractivity (Wildman–Crippen MR) is 98.2 cm³/mol. The first-order chi connectivity index (χ1) is 11.3. The van der Waals surface area contributed by atoms with Crippen LogP contribution in [-0.2, 0) is 22.9 Å². The van der Waals surface area contributed by atoms with E-state index in [0.717, 1.165) is 19.3 Å². The number of primary sulfonamides is 1. The smallest absolute Gasteiger partial charge is 0.265 e. The zero-order valence-electron chi connectivity index (χ0n) is 14.0. The SMILES string of the molecule is CCCc1sc(C(=O)Nc2ccc(C)c(S(N)(=O)=O)c2)cc1CC. The maximum atomic E-state index is 12.5. The van der Waals surface area contributed by atoms with Crippen LogP contribution in [-0.4, -0.2) is 14.3 Å². The summed E-state index contributed by atoms with van der Waals surface area (Å²) in [6.07, 6.45) is 2.88. The third-order valence-electron chi connectivity index (χ3n) is 3.73. The molecule has 7 heteroatoms. The van der Waals surface area contributed by atoms with E-state index < -0.39 is 10.0 Å². The number of hydrogen-bond acceptors (Lipinski definition) is 4. The fourth-order valence-electron chi connectivity index (χ4n) is 2.49. The maximum absolute atomic E-state index is 12.5. The summed E-state index contributed by atoms with van der Waals surface area (Å²) in [5, 5.41) is 7.96. The van der Waals surface area contributed by atoms with Crippen LogP contribution in [0.15, 0.2) is 29.2 Å². The average Bonchev–Trinajstić information content (AvgIpc) is 2.91. The highest BCUT2D eigenvalue weighted by Crippen LogP contribution is 2.26. The molecule has 0 bridgehead atoms. The number of thiophene rings is 1. The van der Waals surface area contributed by atoms with Gasteiger partial charge >= 0.3 is 0 Å². The molecule has 1 aromatic carbocycles. The molecule has 0 aliphatic carbocycles. The number of nitrogens with two attached hydrogens (primary N) is 1. The van der Waals surface area contributed by atoms with Crippen molar-refractivity contribution < 1.29 is 13.2 Å². The molecular weight excluding hydrogens is 344 g/mol. The van der Waals surface area contributed by atoms with E-state index in [2.05, 4.69) is 19.2 Å². The second-order valence-corrected chi connectivity index (χ2v) is 8.31. The lowest BCUT2D eigenvalue weighted by Crippen LogP contribution is -2.15. The number of carbonyl (C=O) groups is 1. The summed E-state index contributed by atoms with van der Waals surface area (Å²) in [5.41, 5.74) is 2.16. The summed E-state index contributed by atoms with van der Waals surface area (Å²) in [4.78, 5) is 14.4. The Bertz CT molecular complexity index is 855. The summed E-state index contributed by atoms with van der Waals surface area (Å²) in [7, 11) is -3.82. The van der Waals surface area contributed by atoms with Crippen LogP contribution in [0.4, 0.5) is 5.69 Å². The van der Waals surface area contributed by atoms with Crippen LogP contribution in [0, 0.1) is 6.92 Å². The summed E-state index contributed by atoms with van der Waals surface area (Å²) in [6.45, 7) is 5.84. The minimum Gasteiger partial charge on any atom is -0.321 e. The number of carbonyl (C=O) groups excluding carboxylic acids is 1. The number of benzene rings is 1. The summed E-state index contributed by atoms with van der Waals surface area (Å²) < 4.78 is 23.2.